The number of aryl methyl sites for hydroxylation is 2. The molecule has 32 heavy (non-hydrogen) atoms. The second kappa shape index (κ2) is 8.52. The van der Waals surface area contributed by atoms with E-state index in [0.717, 1.165) is 59.5 Å². The minimum atomic E-state index is -0.218. The summed E-state index contributed by atoms with van der Waals surface area (Å²) in [6.07, 6.45) is 0.732. The Morgan fingerprint density at radius 3 is 2.50 bits per heavy atom. The first-order valence-electron chi connectivity index (χ1n) is 10.9. The summed E-state index contributed by atoms with van der Waals surface area (Å²) in [5.74, 6) is 0.688. The van der Waals surface area contributed by atoms with Gasteiger partial charge in [-0.15, -0.1) is 5.10 Å². The molecule has 0 bridgehead atoms. The zero-order valence-corrected chi connectivity index (χ0v) is 19.0. The molecule has 1 fully saturated rings. The number of nitrogens with zero attached hydrogens (tertiary/aromatic N) is 5. The summed E-state index contributed by atoms with van der Waals surface area (Å²) < 4.78 is 14.9. The Kier molecular flexibility index (Phi) is 5.57. The van der Waals surface area contributed by atoms with E-state index in [0.29, 0.717) is 0 Å². The number of aromatic hydroxyl groups is 1. The minimum Gasteiger partial charge on any atom is -0.492 e. The fourth-order valence-corrected chi connectivity index (χ4v) is 5.51. The van der Waals surface area contributed by atoms with Gasteiger partial charge in [-0.1, -0.05) is 48.1 Å². The Balaban J connectivity index is 1.47. The van der Waals surface area contributed by atoms with Crippen LogP contribution in [0.25, 0.3) is 4.96 Å². The Morgan fingerprint density at radius 2 is 1.84 bits per heavy atom. The number of piperazine rings is 1. The van der Waals surface area contributed by atoms with E-state index in [1.54, 1.807) is 4.52 Å². The summed E-state index contributed by atoms with van der Waals surface area (Å²) in [6.45, 7) is 7.40. The lowest BCUT2D eigenvalue weighted by molar-refractivity contribution is 0.211. The fourth-order valence-electron chi connectivity index (χ4n) is 4.38. The molecule has 1 unspecified atom stereocenters. The van der Waals surface area contributed by atoms with Gasteiger partial charge in [0.05, 0.1) is 10.9 Å². The maximum absolute atomic E-state index is 13.3. The van der Waals surface area contributed by atoms with Crippen molar-refractivity contribution in [1.82, 2.24) is 19.5 Å². The molecule has 1 aliphatic rings. The molecule has 1 saturated heterocycles. The summed E-state index contributed by atoms with van der Waals surface area (Å²) in [5, 5.41) is 15.5. The highest BCUT2D eigenvalue weighted by molar-refractivity contribution is 7.17. The standard InChI is InChI=1S/C24H26FN5OS/c1-3-20-26-24-30(27-20)23(31)22(32-24)21(17-6-4-5-16(2)15-17)29-13-11-28(12-14-29)19-9-7-18(25)8-10-19/h4-10,15,21,31H,3,11-14H2,1-2H3. The predicted octanol–water partition coefficient (Wildman–Crippen LogP) is 4.42. The number of anilines is 1. The van der Waals surface area contributed by atoms with Gasteiger partial charge in [-0.25, -0.2) is 9.37 Å². The van der Waals surface area contributed by atoms with Gasteiger partial charge in [-0.2, -0.15) is 4.52 Å². The first-order valence-corrected chi connectivity index (χ1v) is 11.7. The zero-order valence-electron chi connectivity index (χ0n) is 18.2. The molecule has 4 aromatic rings. The lowest BCUT2D eigenvalue weighted by Crippen LogP contribution is -2.47. The lowest BCUT2D eigenvalue weighted by Gasteiger charge is -2.40. The van der Waals surface area contributed by atoms with Gasteiger partial charge in [-0.05, 0) is 36.8 Å². The van der Waals surface area contributed by atoms with E-state index < -0.39 is 0 Å². The van der Waals surface area contributed by atoms with Crippen molar-refractivity contribution < 1.29 is 9.50 Å². The molecular formula is C24H26FN5OS. The van der Waals surface area contributed by atoms with Crippen LogP contribution in [0.4, 0.5) is 10.1 Å². The summed E-state index contributed by atoms with van der Waals surface area (Å²) in [4.78, 5) is 10.8. The second-order valence-electron chi connectivity index (χ2n) is 8.18. The molecule has 1 atom stereocenters. The van der Waals surface area contributed by atoms with Crippen molar-refractivity contribution in [3.8, 4) is 5.88 Å². The van der Waals surface area contributed by atoms with E-state index in [4.69, 9.17) is 0 Å². The van der Waals surface area contributed by atoms with Crippen molar-refractivity contribution in [2.45, 2.75) is 26.3 Å². The number of aromatic nitrogens is 3. The Morgan fingerprint density at radius 1 is 1.09 bits per heavy atom. The number of halogens is 1. The Labute approximate surface area is 190 Å². The lowest BCUT2D eigenvalue weighted by atomic mass is 10.0. The fraction of sp³-hybridized carbons (Fsp3) is 0.333. The highest BCUT2D eigenvalue weighted by Crippen LogP contribution is 2.40. The molecule has 0 saturated carbocycles. The average molecular weight is 452 g/mol. The maximum Gasteiger partial charge on any atom is 0.230 e. The highest BCUT2D eigenvalue weighted by Gasteiger charge is 2.32. The maximum atomic E-state index is 13.3. The number of fused-ring (bicyclic) bond motifs is 1. The van der Waals surface area contributed by atoms with Gasteiger partial charge in [0.15, 0.2) is 5.82 Å². The summed E-state index contributed by atoms with van der Waals surface area (Å²) in [6, 6.07) is 15.1. The van der Waals surface area contributed by atoms with E-state index in [9.17, 15) is 9.50 Å². The van der Waals surface area contributed by atoms with Crippen LogP contribution in [0.2, 0.25) is 0 Å². The predicted molar refractivity (Wildman–Crippen MR) is 125 cm³/mol. The number of hydrogen-bond donors (Lipinski definition) is 1. The molecule has 1 aliphatic heterocycles. The minimum absolute atomic E-state index is 0.0798. The topological polar surface area (TPSA) is 56.9 Å². The van der Waals surface area contributed by atoms with Crippen LogP contribution >= 0.6 is 11.3 Å². The van der Waals surface area contributed by atoms with Crippen LogP contribution < -0.4 is 4.90 Å². The molecule has 2 aromatic carbocycles. The van der Waals surface area contributed by atoms with Gasteiger partial charge >= 0.3 is 0 Å². The molecule has 1 N–H and O–H groups in total. The molecule has 8 heteroatoms. The highest BCUT2D eigenvalue weighted by atomic mass is 32.1. The van der Waals surface area contributed by atoms with Crippen LogP contribution in [0.5, 0.6) is 5.88 Å². The normalized spacial score (nSPS) is 16.0. The third-order valence-corrected chi connectivity index (χ3v) is 7.11. The van der Waals surface area contributed by atoms with Gasteiger partial charge in [0, 0.05) is 38.3 Å². The van der Waals surface area contributed by atoms with Gasteiger partial charge in [0.25, 0.3) is 0 Å². The van der Waals surface area contributed by atoms with Gasteiger partial charge in [-0.3, -0.25) is 4.90 Å². The third kappa shape index (κ3) is 3.84. The van der Waals surface area contributed by atoms with Crippen molar-refractivity contribution >= 4 is 22.0 Å². The van der Waals surface area contributed by atoms with E-state index in [2.05, 4.69) is 51.1 Å². The molecule has 0 spiro atoms. The van der Waals surface area contributed by atoms with E-state index in [-0.39, 0.29) is 17.7 Å². The summed E-state index contributed by atoms with van der Waals surface area (Å²) >= 11 is 1.50. The zero-order chi connectivity index (χ0) is 22.2. The first kappa shape index (κ1) is 20.9. The van der Waals surface area contributed by atoms with Crippen LogP contribution in [0, 0.1) is 12.7 Å². The second-order valence-corrected chi connectivity index (χ2v) is 9.19. The number of thiazole rings is 1. The van der Waals surface area contributed by atoms with Gasteiger partial charge in [0.1, 0.15) is 5.82 Å². The van der Waals surface area contributed by atoms with E-state index >= 15 is 0 Å². The van der Waals surface area contributed by atoms with Crippen molar-refractivity contribution in [3.63, 3.8) is 0 Å². The average Bonchev–Trinajstić information content (AvgIpc) is 3.34. The Bertz CT molecular complexity index is 1230. The molecule has 0 amide bonds. The van der Waals surface area contributed by atoms with Crippen LogP contribution in [0.3, 0.4) is 0 Å². The molecule has 2 aromatic heterocycles. The smallest absolute Gasteiger partial charge is 0.230 e. The summed E-state index contributed by atoms with van der Waals surface area (Å²) in [5.41, 5.74) is 3.37. The van der Waals surface area contributed by atoms with Gasteiger partial charge in [0.2, 0.25) is 10.8 Å². The molecule has 0 radical (unpaired) electrons. The molecule has 6 nitrogen and oxygen atoms in total. The number of benzene rings is 2. The quantitative estimate of drug-likeness (QED) is 0.487. The van der Waals surface area contributed by atoms with E-state index in [1.165, 1.54) is 29.0 Å². The van der Waals surface area contributed by atoms with Crippen molar-refractivity contribution in [2.75, 3.05) is 31.1 Å². The van der Waals surface area contributed by atoms with Crippen LogP contribution in [-0.2, 0) is 6.42 Å². The van der Waals surface area contributed by atoms with Crippen LogP contribution in [-0.4, -0.2) is 50.8 Å². The van der Waals surface area contributed by atoms with Gasteiger partial charge < -0.3 is 10.0 Å². The van der Waals surface area contributed by atoms with E-state index in [1.807, 2.05) is 19.1 Å². The Hall–Kier alpha value is -2.97. The monoisotopic (exact) mass is 451 g/mol. The first-order chi connectivity index (χ1) is 15.5. The number of hydrogen-bond acceptors (Lipinski definition) is 6. The number of rotatable bonds is 5. The third-order valence-electron chi connectivity index (χ3n) is 6.04. The summed E-state index contributed by atoms with van der Waals surface area (Å²) in [7, 11) is 0. The molecule has 0 aliphatic carbocycles. The SMILES string of the molecule is CCc1nc2sc(C(c3cccc(C)c3)N3CCN(c4ccc(F)cc4)CC3)c(O)n2n1. The molecule has 5 rings (SSSR count). The van der Waals surface area contributed by atoms with Crippen LogP contribution in [0.1, 0.15) is 34.8 Å². The van der Waals surface area contributed by atoms with Crippen molar-refractivity contribution in [2.24, 2.45) is 0 Å². The van der Waals surface area contributed by atoms with Crippen molar-refractivity contribution in [1.29, 1.82) is 0 Å². The van der Waals surface area contributed by atoms with Crippen molar-refractivity contribution in [3.05, 3.63) is 76.2 Å². The molecule has 166 valence electrons. The molecular weight excluding hydrogens is 425 g/mol. The molecule has 3 heterocycles. The largest absolute Gasteiger partial charge is 0.492 e. The van der Waals surface area contributed by atoms with Crippen LogP contribution in [0.15, 0.2) is 48.5 Å².